The summed E-state index contributed by atoms with van der Waals surface area (Å²) in [6.45, 7) is 3.23. The Morgan fingerprint density at radius 2 is 2.10 bits per heavy atom. The highest BCUT2D eigenvalue weighted by molar-refractivity contribution is 6.28. The van der Waals surface area contributed by atoms with Crippen molar-refractivity contribution in [2.45, 2.75) is 39.0 Å². The van der Waals surface area contributed by atoms with E-state index in [0.717, 1.165) is 18.9 Å². The normalized spacial score (nSPS) is 10.9. The highest BCUT2D eigenvalue weighted by Gasteiger charge is 2.17. The first-order valence-corrected chi connectivity index (χ1v) is 10.4. The largest absolute Gasteiger partial charge is 0.508 e. The van der Waals surface area contributed by atoms with Gasteiger partial charge in [0.05, 0.1) is 5.56 Å². The van der Waals surface area contributed by atoms with Gasteiger partial charge in [-0.2, -0.15) is 4.98 Å². The molecule has 2 heterocycles. The molecule has 11 heteroatoms. The lowest BCUT2D eigenvalue weighted by molar-refractivity contribution is 0.0949. The second-order valence-electron chi connectivity index (χ2n) is 6.92. The molecule has 4 N–H and O–H groups in total. The Morgan fingerprint density at radius 3 is 2.87 bits per heavy atom. The van der Waals surface area contributed by atoms with Crippen molar-refractivity contribution in [2.24, 2.45) is 0 Å². The maximum Gasteiger partial charge on any atom is 0.271 e. The summed E-state index contributed by atoms with van der Waals surface area (Å²) in [6.07, 6.45) is 3.88. The molecular weight excluding hydrogens is 427 g/mol. The second kappa shape index (κ2) is 10.8. The van der Waals surface area contributed by atoms with Gasteiger partial charge in [-0.1, -0.05) is 18.5 Å². The minimum absolute atomic E-state index is 0.0556. The average molecular weight is 451 g/mol. The zero-order valence-electron chi connectivity index (χ0n) is 17.0. The number of phenolic OH excluding ortho intramolecular Hbond substituents is 1. The van der Waals surface area contributed by atoms with Crippen molar-refractivity contribution in [1.82, 2.24) is 25.4 Å². The first kappa shape index (κ1) is 22.5. The molecule has 0 aliphatic rings. The van der Waals surface area contributed by atoms with Gasteiger partial charge in [-0.05, 0) is 43.0 Å². The number of nitrogens with one attached hydrogen (secondary N) is 3. The predicted molar refractivity (Wildman–Crippen MR) is 114 cm³/mol. The Balaban J connectivity index is 1.44. The summed E-state index contributed by atoms with van der Waals surface area (Å²) >= 11 is 5.89. The molecule has 0 saturated carbocycles. The van der Waals surface area contributed by atoms with Crippen molar-refractivity contribution in [2.75, 3.05) is 18.4 Å². The number of nitrogens with zero attached hydrogens (tertiary/aromatic N) is 3. The van der Waals surface area contributed by atoms with Crippen LogP contribution >= 0.6 is 11.6 Å². The molecule has 0 radical (unpaired) electrons. The number of carbonyl (C=O) groups excluding carboxylic acids is 1. The van der Waals surface area contributed by atoms with E-state index in [4.69, 9.17) is 16.1 Å². The van der Waals surface area contributed by atoms with Gasteiger partial charge in [0, 0.05) is 25.6 Å². The number of aromatic hydroxyl groups is 1. The molecule has 0 atom stereocenters. The monoisotopic (exact) mass is 450 g/mol. The van der Waals surface area contributed by atoms with Crippen LogP contribution in [0.5, 0.6) is 5.75 Å². The molecular formula is C20H24ClFN6O3. The number of halogens is 2. The van der Waals surface area contributed by atoms with Crippen molar-refractivity contribution in [3.63, 3.8) is 0 Å². The lowest BCUT2D eigenvalue weighted by Gasteiger charge is -2.06. The van der Waals surface area contributed by atoms with Gasteiger partial charge in [0.1, 0.15) is 17.3 Å². The van der Waals surface area contributed by atoms with Crippen LogP contribution in [0, 0.1) is 5.82 Å². The van der Waals surface area contributed by atoms with Gasteiger partial charge in [0.2, 0.25) is 5.28 Å². The summed E-state index contributed by atoms with van der Waals surface area (Å²) in [5.41, 5.74) is 0.435. The van der Waals surface area contributed by atoms with Crippen molar-refractivity contribution >= 4 is 23.3 Å². The fraction of sp³-hybridized carbons (Fsp3) is 0.400. The third kappa shape index (κ3) is 6.17. The van der Waals surface area contributed by atoms with E-state index >= 15 is 0 Å². The van der Waals surface area contributed by atoms with Crippen LogP contribution in [0.3, 0.4) is 0 Å². The van der Waals surface area contributed by atoms with E-state index in [2.05, 4.69) is 37.7 Å². The number of amides is 1. The summed E-state index contributed by atoms with van der Waals surface area (Å²) in [6, 6.07) is 3.71. The van der Waals surface area contributed by atoms with E-state index in [1.807, 2.05) is 0 Å². The van der Waals surface area contributed by atoms with Crippen molar-refractivity contribution in [3.8, 4) is 17.2 Å². The highest BCUT2D eigenvalue weighted by Crippen LogP contribution is 2.24. The number of aromatic amines is 1. The summed E-state index contributed by atoms with van der Waals surface area (Å²) in [4.78, 5) is 23.4. The number of benzene rings is 1. The molecule has 0 unspecified atom stereocenters. The smallest absolute Gasteiger partial charge is 0.271 e. The maximum atomic E-state index is 13.9. The van der Waals surface area contributed by atoms with E-state index in [-0.39, 0.29) is 28.4 Å². The third-order valence-electron chi connectivity index (χ3n) is 4.49. The fourth-order valence-electron chi connectivity index (χ4n) is 2.86. The molecule has 1 amide bonds. The van der Waals surface area contributed by atoms with E-state index in [0.29, 0.717) is 49.7 Å². The van der Waals surface area contributed by atoms with Crippen LogP contribution in [0.1, 0.15) is 48.9 Å². The zero-order valence-corrected chi connectivity index (χ0v) is 17.8. The molecule has 3 rings (SSSR count). The maximum absolute atomic E-state index is 13.9. The molecule has 0 bridgehead atoms. The number of anilines is 1. The Morgan fingerprint density at radius 1 is 1.26 bits per heavy atom. The number of aryl methyl sites for hydroxylation is 1. The van der Waals surface area contributed by atoms with E-state index < -0.39 is 5.82 Å². The topological polar surface area (TPSA) is 129 Å². The van der Waals surface area contributed by atoms with E-state index in [1.165, 1.54) is 12.1 Å². The van der Waals surface area contributed by atoms with Crippen LogP contribution in [-0.2, 0) is 6.42 Å². The van der Waals surface area contributed by atoms with Crippen LogP contribution < -0.4 is 10.6 Å². The Bertz CT molecular complexity index is 1020. The summed E-state index contributed by atoms with van der Waals surface area (Å²) in [7, 11) is 0. The van der Waals surface area contributed by atoms with Gasteiger partial charge in [-0.3, -0.25) is 4.79 Å². The molecule has 2 aromatic heterocycles. The van der Waals surface area contributed by atoms with Gasteiger partial charge in [-0.15, -0.1) is 0 Å². The molecule has 31 heavy (non-hydrogen) atoms. The summed E-state index contributed by atoms with van der Waals surface area (Å²) < 4.78 is 19.0. The molecule has 1 aromatic carbocycles. The van der Waals surface area contributed by atoms with Gasteiger partial charge < -0.3 is 25.2 Å². The molecule has 0 saturated heterocycles. The highest BCUT2D eigenvalue weighted by atomic mass is 35.5. The number of phenols is 1. The molecule has 0 spiro atoms. The first-order valence-electron chi connectivity index (χ1n) is 10.1. The van der Waals surface area contributed by atoms with Crippen LogP contribution in [0.15, 0.2) is 22.7 Å². The van der Waals surface area contributed by atoms with Crippen LogP contribution in [-0.4, -0.2) is 44.2 Å². The molecule has 0 aliphatic heterocycles. The lowest BCUT2D eigenvalue weighted by atomic mass is 10.2. The average Bonchev–Trinajstić information content (AvgIpc) is 3.34. The van der Waals surface area contributed by atoms with Gasteiger partial charge in [-0.25, -0.2) is 9.37 Å². The number of imidazole rings is 1. The standard InChI is InChI=1S/C20H24ClFN6O3/c1-2-3-9-23-17-16(26-20(21)27-17)18(30)24-10-5-4-6-15-25-19(31-28-15)13-8-7-12(29)11-14(13)22/h7-8,11,23,29H,2-6,9-10H2,1H3,(H,24,30)(H,26,27). The minimum atomic E-state index is -0.639. The first-order chi connectivity index (χ1) is 15.0. The number of H-pyrrole nitrogens is 1. The van der Waals surface area contributed by atoms with Gasteiger partial charge in [0.15, 0.2) is 11.6 Å². The predicted octanol–water partition coefficient (Wildman–Crippen LogP) is 3.92. The Kier molecular flexibility index (Phi) is 7.82. The van der Waals surface area contributed by atoms with Crippen molar-refractivity contribution < 1.29 is 18.8 Å². The minimum Gasteiger partial charge on any atom is -0.508 e. The zero-order chi connectivity index (χ0) is 22.2. The molecule has 3 aromatic rings. The summed E-state index contributed by atoms with van der Waals surface area (Å²) in [5, 5.41) is 19.2. The number of hydrogen-bond acceptors (Lipinski definition) is 7. The lowest BCUT2D eigenvalue weighted by Crippen LogP contribution is -2.26. The second-order valence-corrected chi connectivity index (χ2v) is 7.28. The van der Waals surface area contributed by atoms with Crippen molar-refractivity contribution in [1.29, 1.82) is 0 Å². The number of aromatic nitrogens is 4. The van der Waals surface area contributed by atoms with Crippen molar-refractivity contribution in [3.05, 3.63) is 40.8 Å². The van der Waals surface area contributed by atoms with Crippen LogP contribution in [0.4, 0.5) is 10.2 Å². The molecule has 0 aliphatic carbocycles. The van der Waals surface area contributed by atoms with Crippen LogP contribution in [0.25, 0.3) is 11.5 Å². The van der Waals surface area contributed by atoms with Gasteiger partial charge >= 0.3 is 0 Å². The molecule has 166 valence electrons. The van der Waals surface area contributed by atoms with E-state index in [1.54, 1.807) is 0 Å². The number of rotatable bonds is 11. The number of unbranched alkanes of at least 4 members (excludes halogenated alkanes) is 2. The SMILES string of the molecule is CCCCNc1nc(Cl)[nH]c1C(=O)NCCCCc1noc(-c2ccc(O)cc2F)n1. The number of carbonyl (C=O) groups is 1. The molecule has 0 fully saturated rings. The van der Waals surface area contributed by atoms with Gasteiger partial charge in [0.25, 0.3) is 11.8 Å². The molecule has 9 nitrogen and oxygen atoms in total. The Hall–Kier alpha value is -3.14. The van der Waals surface area contributed by atoms with Crippen LogP contribution in [0.2, 0.25) is 5.28 Å². The number of hydrogen-bond donors (Lipinski definition) is 4. The fourth-order valence-corrected chi connectivity index (χ4v) is 3.04. The van der Waals surface area contributed by atoms with E-state index in [9.17, 15) is 14.3 Å². The third-order valence-corrected chi connectivity index (χ3v) is 4.67. The quantitative estimate of drug-likeness (QED) is 0.326. The summed E-state index contributed by atoms with van der Waals surface area (Å²) in [5.74, 6) is -0.166. The Labute approximate surface area is 183 Å².